The van der Waals surface area contributed by atoms with Crippen molar-refractivity contribution < 1.29 is 28.3 Å². The summed E-state index contributed by atoms with van der Waals surface area (Å²) in [6.45, 7) is 16.1. The molecule has 1 aliphatic rings. The molecular weight excluding hydrogens is 410 g/mol. The number of thioether (sulfide) groups is 1. The highest BCUT2D eigenvalue weighted by Crippen LogP contribution is 2.41. The van der Waals surface area contributed by atoms with Gasteiger partial charge in [-0.05, 0) is 38.9 Å². The zero-order chi connectivity index (χ0) is 22.6. The number of carbonyl (C=O) groups excluding carboxylic acids is 3. The fraction of sp³-hybridized carbons (Fsp3) is 0.850. The highest BCUT2D eigenvalue weighted by atomic mass is 32.2. The van der Waals surface area contributed by atoms with Crippen LogP contribution < -0.4 is 5.32 Å². The third-order valence-electron chi connectivity index (χ3n) is 5.18. The fourth-order valence-electron chi connectivity index (χ4n) is 2.61. The van der Waals surface area contributed by atoms with E-state index < -0.39 is 32.0 Å². The summed E-state index contributed by atoms with van der Waals surface area (Å²) in [5.41, 5.74) is -0.669. The Morgan fingerprint density at radius 3 is 2.24 bits per heavy atom. The number of rotatable bonds is 7. The van der Waals surface area contributed by atoms with Crippen molar-refractivity contribution in [3.05, 3.63) is 0 Å². The largest absolute Gasteiger partial charge is 0.467 e. The van der Waals surface area contributed by atoms with Crippen LogP contribution in [0.1, 0.15) is 54.4 Å². The molecule has 0 aromatic rings. The number of esters is 1. The van der Waals surface area contributed by atoms with Crippen molar-refractivity contribution in [3.63, 3.8) is 0 Å². The minimum Gasteiger partial charge on any atom is -0.467 e. The van der Waals surface area contributed by atoms with Gasteiger partial charge in [0.2, 0.25) is 0 Å². The molecule has 0 aromatic heterocycles. The first kappa shape index (κ1) is 26.0. The lowest BCUT2D eigenvalue weighted by atomic mass is 10.2. The Morgan fingerprint density at radius 2 is 1.76 bits per heavy atom. The normalized spacial score (nSPS) is 21.6. The molecule has 3 atom stereocenters. The lowest BCUT2D eigenvalue weighted by molar-refractivity contribution is -0.142. The molecule has 29 heavy (non-hydrogen) atoms. The van der Waals surface area contributed by atoms with Crippen LogP contribution in [0.15, 0.2) is 0 Å². The van der Waals surface area contributed by atoms with Gasteiger partial charge in [0.25, 0.3) is 0 Å². The quantitative estimate of drug-likeness (QED) is 0.467. The van der Waals surface area contributed by atoms with E-state index in [0.717, 1.165) is 0 Å². The topological polar surface area (TPSA) is 90.9 Å². The van der Waals surface area contributed by atoms with Crippen molar-refractivity contribution in [1.82, 2.24) is 5.32 Å². The molecule has 168 valence electrons. The number of ether oxygens (including phenoxy) is 2. The van der Waals surface area contributed by atoms with Crippen LogP contribution in [-0.2, 0) is 23.5 Å². The lowest BCUT2D eigenvalue weighted by Gasteiger charge is -2.39. The van der Waals surface area contributed by atoms with Crippen molar-refractivity contribution in [2.75, 3.05) is 12.9 Å². The Labute approximate surface area is 180 Å². The fourth-order valence-corrected chi connectivity index (χ4v) is 5.40. The molecule has 0 unspecified atom stereocenters. The van der Waals surface area contributed by atoms with Crippen LogP contribution >= 0.6 is 11.8 Å². The third-order valence-corrected chi connectivity index (χ3v) is 11.1. The predicted octanol–water partition coefficient (Wildman–Crippen LogP) is 3.91. The van der Waals surface area contributed by atoms with Gasteiger partial charge in [-0.2, -0.15) is 11.8 Å². The van der Waals surface area contributed by atoms with Gasteiger partial charge in [0.05, 0.1) is 13.2 Å². The van der Waals surface area contributed by atoms with E-state index in [0.29, 0.717) is 12.8 Å². The van der Waals surface area contributed by atoms with Gasteiger partial charge in [-0.15, -0.1) is 0 Å². The number of hydrogen-bond acceptors (Lipinski definition) is 7. The smallest absolute Gasteiger partial charge is 0.408 e. The number of ketones is 1. The summed E-state index contributed by atoms with van der Waals surface area (Å²) in [6, 6.07) is -0.857. The Balaban J connectivity index is 2.79. The Hall–Kier alpha value is -1.06. The highest BCUT2D eigenvalue weighted by Gasteiger charge is 2.44. The maximum absolute atomic E-state index is 12.1. The minimum atomic E-state index is -2.03. The molecule has 1 aliphatic carbocycles. The summed E-state index contributed by atoms with van der Waals surface area (Å²) >= 11 is 1.46. The first-order valence-electron chi connectivity index (χ1n) is 9.94. The van der Waals surface area contributed by atoms with Crippen LogP contribution in [0.4, 0.5) is 4.79 Å². The summed E-state index contributed by atoms with van der Waals surface area (Å²) in [7, 11) is -0.749. The third kappa shape index (κ3) is 8.30. The van der Waals surface area contributed by atoms with Crippen molar-refractivity contribution in [1.29, 1.82) is 0 Å². The molecule has 1 N–H and O–H groups in total. The second-order valence-electron chi connectivity index (χ2n) is 9.96. The van der Waals surface area contributed by atoms with E-state index in [2.05, 4.69) is 39.2 Å². The van der Waals surface area contributed by atoms with Gasteiger partial charge in [0, 0.05) is 23.8 Å². The van der Waals surface area contributed by atoms with E-state index >= 15 is 0 Å². The van der Waals surface area contributed by atoms with Crippen LogP contribution in [0.25, 0.3) is 0 Å². The van der Waals surface area contributed by atoms with E-state index in [1.54, 1.807) is 20.8 Å². The summed E-state index contributed by atoms with van der Waals surface area (Å²) in [5, 5.41) is 2.56. The lowest BCUT2D eigenvalue weighted by Crippen LogP contribution is -2.47. The highest BCUT2D eigenvalue weighted by molar-refractivity contribution is 8.00. The summed E-state index contributed by atoms with van der Waals surface area (Å²) in [4.78, 5) is 36.3. The number of carbonyl (C=O) groups is 3. The molecule has 0 radical (unpaired) electrons. The van der Waals surface area contributed by atoms with Gasteiger partial charge < -0.3 is 19.2 Å². The Bertz CT molecular complexity index is 611. The first-order chi connectivity index (χ1) is 13.1. The van der Waals surface area contributed by atoms with Crippen molar-refractivity contribution in [2.45, 2.75) is 95.5 Å². The molecule has 1 rings (SSSR count). The standard InChI is InChI=1S/C20H37NO6SSi/c1-19(2,3)26-18(24)21-14(17(23)25-7)12-28-16-11-13(22)10-15(16)27-29(8,9)20(4,5)6/h14-16H,10-12H2,1-9H3,(H,21,24)/t14-,15-,16+/m0/s1. The predicted molar refractivity (Wildman–Crippen MR) is 118 cm³/mol. The molecule has 9 heteroatoms. The average molecular weight is 448 g/mol. The number of nitrogens with one attached hydrogen (secondary N) is 1. The van der Waals surface area contributed by atoms with Crippen LogP contribution in [0, 0.1) is 0 Å². The average Bonchev–Trinajstić information content (AvgIpc) is 2.86. The molecule has 0 aromatic carbocycles. The van der Waals surface area contributed by atoms with Crippen LogP contribution in [0.2, 0.25) is 18.1 Å². The maximum atomic E-state index is 12.1. The molecule has 0 saturated heterocycles. The van der Waals surface area contributed by atoms with E-state index in [4.69, 9.17) is 13.9 Å². The van der Waals surface area contributed by atoms with E-state index in [1.165, 1.54) is 18.9 Å². The second-order valence-corrected chi connectivity index (χ2v) is 16.0. The van der Waals surface area contributed by atoms with Gasteiger partial charge >= 0.3 is 12.1 Å². The molecule has 0 aliphatic heterocycles. The molecule has 0 heterocycles. The van der Waals surface area contributed by atoms with E-state index in [9.17, 15) is 14.4 Å². The minimum absolute atomic E-state index is 0.0423. The molecule has 7 nitrogen and oxygen atoms in total. The SMILES string of the molecule is COC(=O)[C@H](CS[C@@H]1CC(=O)C[C@@H]1O[Si](C)(C)C(C)(C)C)NC(=O)OC(C)(C)C. The number of methoxy groups -OCH3 is 1. The second kappa shape index (κ2) is 9.83. The van der Waals surface area contributed by atoms with Crippen LogP contribution in [-0.4, -0.2) is 62.0 Å². The first-order valence-corrected chi connectivity index (χ1v) is 13.9. The monoisotopic (exact) mass is 447 g/mol. The van der Waals surface area contributed by atoms with Crippen LogP contribution in [0.5, 0.6) is 0 Å². The molecule has 0 bridgehead atoms. The maximum Gasteiger partial charge on any atom is 0.408 e. The molecule has 0 spiro atoms. The zero-order valence-corrected chi connectivity index (χ0v) is 21.0. The van der Waals surface area contributed by atoms with E-state index in [1.807, 2.05) is 0 Å². The molecule has 1 saturated carbocycles. The van der Waals surface area contributed by atoms with Gasteiger partial charge in [-0.25, -0.2) is 9.59 Å². The van der Waals surface area contributed by atoms with Gasteiger partial charge in [-0.3, -0.25) is 4.79 Å². The zero-order valence-electron chi connectivity index (χ0n) is 19.2. The number of Topliss-reactive ketones (excluding diaryl/α,β-unsaturated/α-hetero) is 1. The summed E-state index contributed by atoms with van der Waals surface area (Å²) in [5.74, 6) is -0.100. The van der Waals surface area contributed by atoms with Crippen LogP contribution in [0.3, 0.4) is 0 Å². The number of hydrogen-bond donors (Lipinski definition) is 1. The van der Waals surface area contributed by atoms with E-state index in [-0.39, 0.29) is 27.9 Å². The molecule has 1 amide bonds. The van der Waals surface area contributed by atoms with Gasteiger partial charge in [0.15, 0.2) is 8.32 Å². The summed E-state index contributed by atoms with van der Waals surface area (Å²) < 4.78 is 16.5. The number of amides is 1. The Kier molecular flexibility index (Phi) is 8.80. The molecule has 1 fully saturated rings. The van der Waals surface area contributed by atoms with Crippen molar-refractivity contribution in [2.24, 2.45) is 0 Å². The van der Waals surface area contributed by atoms with Gasteiger partial charge in [0.1, 0.15) is 17.4 Å². The Morgan fingerprint density at radius 1 is 1.17 bits per heavy atom. The van der Waals surface area contributed by atoms with Crippen molar-refractivity contribution in [3.8, 4) is 0 Å². The van der Waals surface area contributed by atoms with Gasteiger partial charge in [-0.1, -0.05) is 20.8 Å². The number of alkyl carbamates (subject to hydrolysis) is 1. The van der Waals surface area contributed by atoms with Crippen molar-refractivity contribution >= 4 is 37.9 Å². The molecular formula is C20H37NO6SSi. The summed E-state index contributed by atoms with van der Waals surface area (Å²) in [6.07, 6.45) is -0.0464.